The number of aryl methyl sites for hydroxylation is 2. The Bertz CT molecular complexity index is 988. The molecule has 3 aliphatic rings. The first-order valence-electron chi connectivity index (χ1n) is 7.68. The molecular formula is C17H14N4O3. The van der Waals surface area contributed by atoms with Crippen molar-refractivity contribution in [2.24, 2.45) is 7.05 Å². The number of para-hydroxylation sites is 1. The number of ether oxygens (including phenoxy) is 1. The molecule has 7 nitrogen and oxygen atoms in total. The minimum Gasteiger partial charge on any atom is -0.456 e. The quantitative estimate of drug-likeness (QED) is 0.712. The van der Waals surface area contributed by atoms with Gasteiger partial charge >= 0.3 is 5.97 Å². The molecular weight excluding hydrogens is 308 g/mol. The third kappa shape index (κ3) is 1.28. The van der Waals surface area contributed by atoms with E-state index in [1.807, 2.05) is 38.2 Å². The minimum atomic E-state index is -1.21. The number of carbonyl (C=O) groups is 2. The van der Waals surface area contributed by atoms with Gasteiger partial charge in [-0.2, -0.15) is 5.10 Å². The van der Waals surface area contributed by atoms with Gasteiger partial charge in [-0.3, -0.25) is 9.48 Å². The van der Waals surface area contributed by atoms with Crippen LogP contribution in [0.3, 0.4) is 0 Å². The number of fused-ring (bicyclic) bond motifs is 5. The van der Waals surface area contributed by atoms with Crippen molar-refractivity contribution in [1.82, 2.24) is 9.78 Å². The predicted molar refractivity (Wildman–Crippen MR) is 85.4 cm³/mol. The smallest absolute Gasteiger partial charge is 0.338 e. The van der Waals surface area contributed by atoms with E-state index in [0.717, 1.165) is 11.4 Å². The molecule has 1 aromatic heterocycles. The summed E-state index contributed by atoms with van der Waals surface area (Å²) in [5, 5.41) is 10.6. The van der Waals surface area contributed by atoms with Gasteiger partial charge in [0.1, 0.15) is 17.8 Å². The van der Waals surface area contributed by atoms with Gasteiger partial charge in [-0.15, -0.1) is 0 Å². The van der Waals surface area contributed by atoms with Gasteiger partial charge in [0, 0.05) is 23.9 Å². The highest BCUT2D eigenvalue weighted by Gasteiger charge is 2.60. The van der Waals surface area contributed by atoms with E-state index in [4.69, 9.17) is 4.74 Å². The number of amides is 1. The first-order chi connectivity index (χ1) is 11.5. The molecule has 2 aromatic rings. The summed E-state index contributed by atoms with van der Waals surface area (Å²) in [5.74, 6) is 0.0172. The molecule has 1 aromatic carbocycles. The van der Waals surface area contributed by atoms with Crippen LogP contribution in [0.25, 0.3) is 0 Å². The number of hydrogen-bond acceptors (Lipinski definition) is 5. The molecule has 1 atom stereocenters. The van der Waals surface area contributed by atoms with Crippen LogP contribution >= 0.6 is 0 Å². The second-order valence-corrected chi connectivity index (χ2v) is 6.24. The molecule has 0 saturated carbocycles. The van der Waals surface area contributed by atoms with Crippen LogP contribution in [0.15, 0.2) is 35.5 Å². The van der Waals surface area contributed by atoms with E-state index < -0.39 is 11.4 Å². The van der Waals surface area contributed by atoms with Gasteiger partial charge in [0.05, 0.1) is 17.0 Å². The standard InChI is InChI=1S/C17H14N4O3/c1-8-12-14(21(2)20-8)18-11-7-24-15(22)13(11)17(12)9-5-3-4-6-10(9)19-16(17)23/h3-6,18H,7H2,1-2H3,(H,19,23). The average Bonchev–Trinajstić information content (AvgIpc) is 3.16. The monoisotopic (exact) mass is 322 g/mol. The Labute approximate surface area is 137 Å². The number of nitrogens with zero attached hydrogens (tertiary/aromatic N) is 2. The fourth-order valence-electron chi connectivity index (χ4n) is 4.16. The zero-order chi connectivity index (χ0) is 16.6. The number of hydrogen-bond donors (Lipinski definition) is 2. The van der Waals surface area contributed by atoms with Crippen LogP contribution in [0, 0.1) is 6.92 Å². The van der Waals surface area contributed by atoms with E-state index in [1.165, 1.54) is 0 Å². The Kier molecular flexibility index (Phi) is 2.26. The zero-order valence-corrected chi connectivity index (χ0v) is 13.1. The molecule has 7 heteroatoms. The van der Waals surface area contributed by atoms with Crippen molar-refractivity contribution in [2.75, 3.05) is 17.2 Å². The summed E-state index contributed by atoms with van der Waals surface area (Å²) in [7, 11) is 1.81. The molecule has 0 saturated heterocycles. The highest BCUT2D eigenvalue weighted by atomic mass is 16.5. The van der Waals surface area contributed by atoms with E-state index in [9.17, 15) is 9.59 Å². The van der Waals surface area contributed by atoms with Crippen LogP contribution in [-0.2, 0) is 26.8 Å². The number of cyclic esters (lactones) is 1. The number of carbonyl (C=O) groups excluding carboxylic acids is 2. The number of anilines is 2. The number of esters is 1. The second kappa shape index (κ2) is 4.05. The summed E-state index contributed by atoms with van der Waals surface area (Å²) < 4.78 is 6.95. The van der Waals surface area contributed by atoms with Crippen LogP contribution in [0.1, 0.15) is 16.8 Å². The Morgan fingerprint density at radius 2 is 2.04 bits per heavy atom. The van der Waals surface area contributed by atoms with Crippen LogP contribution in [0.2, 0.25) is 0 Å². The molecule has 4 heterocycles. The lowest BCUT2D eigenvalue weighted by atomic mass is 9.67. The number of benzene rings is 1. The van der Waals surface area contributed by atoms with E-state index in [0.29, 0.717) is 28.2 Å². The molecule has 0 aliphatic carbocycles. The van der Waals surface area contributed by atoms with Crippen molar-refractivity contribution in [3.63, 3.8) is 0 Å². The maximum absolute atomic E-state index is 13.2. The fraction of sp³-hybridized carbons (Fsp3) is 0.235. The minimum absolute atomic E-state index is 0.134. The third-order valence-corrected chi connectivity index (χ3v) is 5.01. The summed E-state index contributed by atoms with van der Waals surface area (Å²) in [6, 6.07) is 7.45. The lowest BCUT2D eigenvalue weighted by Crippen LogP contribution is -2.43. The molecule has 120 valence electrons. The predicted octanol–water partition coefficient (Wildman–Crippen LogP) is 1.20. The van der Waals surface area contributed by atoms with Gasteiger partial charge in [-0.1, -0.05) is 18.2 Å². The largest absolute Gasteiger partial charge is 0.456 e. The topological polar surface area (TPSA) is 85.2 Å². The molecule has 1 spiro atoms. The fourth-order valence-corrected chi connectivity index (χ4v) is 4.16. The van der Waals surface area contributed by atoms with E-state index >= 15 is 0 Å². The van der Waals surface area contributed by atoms with E-state index in [-0.39, 0.29) is 12.5 Å². The first kappa shape index (κ1) is 13.4. The number of nitrogens with one attached hydrogen (secondary N) is 2. The number of rotatable bonds is 0. The molecule has 0 radical (unpaired) electrons. The lowest BCUT2D eigenvalue weighted by Gasteiger charge is -2.33. The van der Waals surface area contributed by atoms with Crippen LogP contribution < -0.4 is 10.6 Å². The Balaban J connectivity index is 1.96. The lowest BCUT2D eigenvalue weighted by molar-refractivity contribution is -0.137. The SMILES string of the molecule is Cc1nn(C)c2c1C1(C(=O)Nc3ccccc31)C1=C(COC1=O)N2. The maximum Gasteiger partial charge on any atom is 0.338 e. The van der Waals surface area contributed by atoms with Gasteiger partial charge in [0.15, 0.2) is 0 Å². The summed E-state index contributed by atoms with van der Waals surface area (Å²) in [4.78, 5) is 25.7. The molecule has 5 rings (SSSR count). The summed E-state index contributed by atoms with van der Waals surface area (Å²) in [6.07, 6.45) is 0. The Morgan fingerprint density at radius 1 is 1.25 bits per heavy atom. The molecule has 0 fully saturated rings. The van der Waals surface area contributed by atoms with Crippen molar-refractivity contribution in [2.45, 2.75) is 12.3 Å². The number of aromatic nitrogens is 2. The van der Waals surface area contributed by atoms with E-state index in [2.05, 4.69) is 15.7 Å². The second-order valence-electron chi connectivity index (χ2n) is 6.24. The summed E-state index contributed by atoms with van der Waals surface area (Å²) in [6.45, 7) is 1.98. The Hall–Kier alpha value is -3.09. The van der Waals surface area contributed by atoms with Gasteiger partial charge < -0.3 is 15.4 Å². The third-order valence-electron chi connectivity index (χ3n) is 5.01. The van der Waals surface area contributed by atoms with Crippen molar-refractivity contribution < 1.29 is 14.3 Å². The van der Waals surface area contributed by atoms with Crippen molar-refractivity contribution in [3.05, 3.63) is 52.4 Å². The molecule has 3 aliphatic heterocycles. The molecule has 24 heavy (non-hydrogen) atoms. The van der Waals surface area contributed by atoms with Gasteiger partial charge in [-0.05, 0) is 13.0 Å². The van der Waals surface area contributed by atoms with Gasteiger partial charge in [0.2, 0.25) is 5.91 Å². The summed E-state index contributed by atoms with van der Waals surface area (Å²) >= 11 is 0. The van der Waals surface area contributed by atoms with Crippen LogP contribution in [0.4, 0.5) is 11.5 Å². The molecule has 1 amide bonds. The van der Waals surface area contributed by atoms with Crippen molar-refractivity contribution in [3.8, 4) is 0 Å². The highest BCUT2D eigenvalue weighted by Crippen LogP contribution is 2.55. The molecule has 2 N–H and O–H groups in total. The van der Waals surface area contributed by atoms with Crippen LogP contribution in [0.5, 0.6) is 0 Å². The molecule has 0 bridgehead atoms. The highest BCUT2D eigenvalue weighted by molar-refractivity contribution is 6.19. The maximum atomic E-state index is 13.2. The normalized spacial score (nSPS) is 23.6. The van der Waals surface area contributed by atoms with Crippen molar-refractivity contribution >= 4 is 23.4 Å². The zero-order valence-electron chi connectivity index (χ0n) is 13.1. The molecule has 1 unspecified atom stereocenters. The Morgan fingerprint density at radius 3 is 2.88 bits per heavy atom. The first-order valence-corrected chi connectivity index (χ1v) is 7.68. The summed E-state index contributed by atoms with van der Waals surface area (Å²) in [5.41, 5.74) is 2.68. The van der Waals surface area contributed by atoms with E-state index in [1.54, 1.807) is 4.68 Å². The van der Waals surface area contributed by atoms with Crippen LogP contribution in [-0.4, -0.2) is 28.3 Å². The van der Waals surface area contributed by atoms with Gasteiger partial charge in [0.25, 0.3) is 0 Å². The van der Waals surface area contributed by atoms with Crippen molar-refractivity contribution in [1.29, 1.82) is 0 Å². The average molecular weight is 322 g/mol. The van der Waals surface area contributed by atoms with Gasteiger partial charge in [-0.25, -0.2) is 4.79 Å².